The SMILES string of the molecule is O=S1(=O)c2ccccc2-c2cc(-c3ccc4cc5c(cc4c3)Cc3ccc(N(c4ccccc4)c4ccccc4)cc3C5)ccc21. The van der Waals surface area contributed by atoms with Crippen molar-refractivity contribution in [3.63, 3.8) is 0 Å². The maximum absolute atomic E-state index is 13.1. The van der Waals surface area contributed by atoms with Crippen LogP contribution in [0.2, 0.25) is 0 Å². The van der Waals surface area contributed by atoms with Crippen molar-refractivity contribution in [3.8, 4) is 22.3 Å². The van der Waals surface area contributed by atoms with Gasteiger partial charge in [-0.15, -0.1) is 0 Å². The van der Waals surface area contributed by atoms with Crippen LogP contribution in [0.25, 0.3) is 33.0 Å². The summed E-state index contributed by atoms with van der Waals surface area (Å²) in [6.07, 6.45) is 1.79. The molecule has 1 heterocycles. The number of sulfone groups is 1. The number of rotatable bonds is 4. The summed E-state index contributed by atoms with van der Waals surface area (Å²) < 4.78 is 26.2. The highest BCUT2D eigenvalue weighted by molar-refractivity contribution is 7.92. The van der Waals surface area contributed by atoms with Crippen molar-refractivity contribution in [2.45, 2.75) is 22.6 Å². The van der Waals surface area contributed by atoms with Crippen LogP contribution < -0.4 is 4.90 Å². The van der Waals surface area contributed by atoms with E-state index in [2.05, 4.69) is 114 Å². The number of fused-ring (bicyclic) bond motifs is 6. The minimum absolute atomic E-state index is 0.393. The zero-order chi connectivity index (χ0) is 30.8. The zero-order valence-corrected chi connectivity index (χ0v) is 25.8. The maximum Gasteiger partial charge on any atom is 0.207 e. The highest BCUT2D eigenvalue weighted by Gasteiger charge is 2.32. The molecule has 0 atom stereocenters. The van der Waals surface area contributed by atoms with Crippen LogP contribution in [0.1, 0.15) is 22.3 Å². The van der Waals surface area contributed by atoms with Gasteiger partial charge in [0.25, 0.3) is 0 Å². The number of benzene rings is 7. The van der Waals surface area contributed by atoms with E-state index in [1.807, 2.05) is 24.3 Å². The molecule has 0 spiro atoms. The number of para-hydroxylation sites is 2. The number of hydrogen-bond acceptors (Lipinski definition) is 3. The molecule has 1 aliphatic heterocycles. The summed E-state index contributed by atoms with van der Waals surface area (Å²) in [5, 5.41) is 2.41. The Labute approximate surface area is 269 Å². The van der Waals surface area contributed by atoms with Crippen molar-refractivity contribution < 1.29 is 8.42 Å². The lowest BCUT2D eigenvalue weighted by molar-refractivity contribution is 0.598. The van der Waals surface area contributed by atoms with E-state index in [9.17, 15) is 8.42 Å². The van der Waals surface area contributed by atoms with Crippen LogP contribution in [0.3, 0.4) is 0 Å². The Morgan fingerprint density at radius 2 is 1.00 bits per heavy atom. The summed E-state index contributed by atoms with van der Waals surface area (Å²) in [4.78, 5) is 3.11. The van der Waals surface area contributed by atoms with Gasteiger partial charge in [0.05, 0.1) is 9.79 Å². The molecular formula is C42H29NO2S. The lowest BCUT2D eigenvalue weighted by atomic mass is 9.84. The van der Waals surface area contributed by atoms with Crippen molar-refractivity contribution in [2.75, 3.05) is 4.90 Å². The summed E-state index contributed by atoms with van der Waals surface area (Å²) in [6, 6.07) is 52.3. The van der Waals surface area contributed by atoms with Crippen molar-refractivity contribution in [1.29, 1.82) is 0 Å². The molecule has 0 unspecified atom stereocenters. The molecule has 7 aromatic rings. The first-order valence-corrected chi connectivity index (χ1v) is 17.1. The van der Waals surface area contributed by atoms with Gasteiger partial charge in [-0.25, -0.2) is 8.42 Å². The molecule has 46 heavy (non-hydrogen) atoms. The van der Waals surface area contributed by atoms with Crippen LogP contribution in [-0.2, 0) is 22.7 Å². The maximum atomic E-state index is 13.1. The average Bonchev–Trinajstić information content (AvgIpc) is 3.33. The predicted molar refractivity (Wildman–Crippen MR) is 187 cm³/mol. The van der Waals surface area contributed by atoms with E-state index < -0.39 is 9.84 Å². The van der Waals surface area contributed by atoms with Crippen molar-refractivity contribution in [2.24, 2.45) is 0 Å². The van der Waals surface area contributed by atoms with Gasteiger partial charge in [0.1, 0.15) is 0 Å². The molecule has 0 amide bonds. The van der Waals surface area contributed by atoms with Gasteiger partial charge in [-0.2, -0.15) is 0 Å². The molecule has 0 bridgehead atoms. The standard InChI is InChI=1S/C42H29NO2S/c44-46(45)41-14-8-7-13-39(41)40-27-31(18-20-42(40)46)28-15-16-29-22-34-25-35-26-38(19-17-30(35)23-33(34)24-32(29)21-28)43(36-9-3-1-4-10-36)37-11-5-2-6-12-37/h1-22,24,26-27H,23,25H2. The van der Waals surface area contributed by atoms with E-state index in [1.165, 1.54) is 33.0 Å². The van der Waals surface area contributed by atoms with Gasteiger partial charge in [-0.1, -0.05) is 91.0 Å². The number of anilines is 3. The van der Waals surface area contributed by atoms with E-state index in [0.29, 0.717) is 9.79 Å². The molecule has 0 fully saturated rings. The van der Waals surface area contributed by atoms with E-state index >= 15 is 0 Å². The summed E-state index contributed by atoms with van der Waals surface area (Å²) in [7, 11) is -3.47. The minimum atomic E-state index is -3.47. The second-order valence-corrected chi connectivity index (χ2v) is 14.1. The second-order valence-electron chi connectivity index (χ2n) is 12.2. The summed E-state index contributed by atoms with van der Waals surface area (Å²) in [5.41, 5.74) is 12.6. The molecule has 9 rings (SSSR count). The first-order valence-electron chi connectivity index (χ1n) is 15.6. The van der Waals surface area contributed by atoms with Crippen LogP contribution in [0.15, 0.2) is 161 Å². The lowest BCUT2D eigenvalue weighted by Gasteiger charge is -2.28. The van der Waals surface area contributed by atoms with E-state index in [4.69, 9.17) is 0 Å². The average molecular weight is 612 g/mol. The van der Waals surface area contributed by atoms with Crippen LogP contribution in [0.5, 0.6) is 0 Å². The fourth-order valence-electron chi connectivity index (χ4n) is 7.20. The fourth-order valence-corrected chi connectivity index (χ4v) is 8.86. The molecule has 4 heteroatoms. The Kier molecular flexibility index (Phi) is 6.02. The molecule has 0 radical (unpaired) electrons. The number of nitrogens with zero attached hydrogens (tertiary/aromatic N) is 1. The molecule has 0 aromatic heterocycles. The summed E-state index contributed by atoms with van der Waals surface area (Å²) in [6.45, 7) is 0. The van der Waals surface area contributed by atoms with E-state index in [-0.39, 0.29) is 0 Å². The minimum Gasteiger partial charge on any atom is -0.310 e. The topological polar surface area (TPSA) is 37.4 Å². The van der Waals surface area contributed by atoms with Gasteiger partial charge >= 0.3 is 0 Å². The van der Waals surface area contributed by atoms with Crippen molar-refractivity contribution in [3.05, 3.63) is 174 Å². The highest BCUT2D eigenvalue weighted by atomic mass is 32.2. The van der Waals surface area contributed by atoms with Crippen molar-refractivity contribution in [1.82, 2.24) is 0 Å². The van der Waals surface area contributed by atoms with Crippen LogP contribution in [-0.4, -0.2) is 8.42 Å². The van der Waals surface area contributed by atoms with Gasteiger partial charge in [-0.05, 0) is 118 Å². The highest BCUT2D eigenvalue weighted by Crippen LogP contribution is 2.45. The van der Waals surface area contributed by atoms with Gasteiger partial charge < -0.3 is 4.90 Å². The zero-order valence-electron chi connectivity index (χ0n) is 25.0. The predicted octanol–water partition coefficient (Wildman–Crippen LogP) is 10.3. The smallest absolute Gasteiger partial charge is 0.207 e. The van der Waals surface area contributed by atoms with Crippen LogP contribution in [0.4, 0.5) is 17.1 Å². The van der Waals surface area contributed by atoms with Gasteiger partial charge in [0.2, 0.25) is 9.84 Å². The molecule has 0 saturated carbocycles. The lowest BCUT2D eigenvalue weighted by Crippen LogP contribution is -2.12. The Morgan fingerprint density at radius 3 is 1.76 bits per heavy atom. The third-order valence-electron chi connectivity index (χ3n) is 9.47. The molecule has 0 N–H and O–H groups in total. The Balaban J connectivity index is 1.06. The van der Waals surface area contributed by atoms with Crippen LogP contribution in [0, 0.1) is 0 Å². The van der Waals surface area contributed by atoms with E-state index in [0.717, 1.165) is 52.2 Å². The molecule has 2 aliphatic rings. The molecule has 0 saturated heterocycles. The quantitative estimate of drug-likeness (QED) is 0.199. The largest absolute Gasteiger partial charge is 0.310 e. The van der Waals surface area contributed by atoms with E-state index in [1.54, 1.807) is 18.2 Å². The summed E-state index contributed by atoms with van der Waals surface area (Å²) >= 11 is 0. The van der Waals surface area contributed by atoms with Gasteiger partial charge in [0, 0.05) is 28.2 Å². The second kappa shape index (κ2) is 10.3. The van der Waals surface area contributed by atoms with Crippen LogP contribution >= 0.6 is 0 Å². The first-order chi connectivity index (χ1) is 22.5. The number of hydrogen-bond donors (Lipinski definition) is 0. The Morgan fingerprint density at radius 1 is 0.413 bits per heavy atom. The molecule has 7 aromatic carbocycles. The van der Waals surface area contributed by atoms with Gasteiger partial charge in [-0.3, -0.25) is 0 Å². The molecule has 3 nitrogen and oxygen atoms in total. The molecule has 220 valence electrons. The Bertz CT molecular complexity index is 2390. The van der Waals surface area contributed by atoms with Gasteiger partial charge in [0.15, 0.2) is 0 Å². The molecular weight excluding hydrogens is 583 g/mol. The summed E-state index contributed by atoms with van der Waals surface area (Å²) in [5.74, 6) is 0. The third-order valence-corrected chi connectivity index (χ3v) is 11.3. The third kappa shape index (κ3) is 4.29. The first kappa shape index (κ1) is 26.9. The normalized spacial score (nSPS) is 13.8. The monoisotopic (exact) mass is 611 g/mol. The van der Waals surface area contributed by atoms with Crippen molar-refractivity contribution >= 4 is 37.7 Å². The molecule has 1 aliphatic carbocycles. The Hall–Kier alpha value is -5.45. The fraction of sp³-hybridized carbons (Fsp3) is 0.0476.